The Bertz CT molecular complexity index is 1100. The number of rotatable bonds is 8. The fourth-order valence-electron chi connectivity index (χ4n) is 3.39. The maximum atomic E-state index is 4.73. The third kappa shape index (κ3) is 4.46. The zero-order chi connectivity index (χ0) is 20.9. The minimum absolute atomic E-state index is 0.508. The molecule has 0 atom stereocenters. The number of hydrogen-bond acceptors (Lipinski definition) is 6. The summed E-state index contributed by atoms with van der Waals surface area (Å²) in [7, 11) is 0. The molecule has 2 N–H and O–H groups in total. The quantitative estimate of drug-likeness (QED) is 0.461. The van der Waals surface area contributed by atoms with Crippen molar-refractivity contribution in [2.45, 2.75) is 39.8 Å². The van der Waals surface area contributed by atoms with Crippen LogP contribution in [-0.4, -0.2) is 37.1 Å². The molecule has 154 valence electrons. The molecule has 0 aliphatic carbocycles. The van der Waals surface area contributed by atoms with Gasteiger partial charge >= 0.3 is 0 Å². The maximum Gasteiger partial charge on any atom is 0.229 e. The molecule has 0 amide bonds. The molecule has 4 rings (SSSR count). The van der Waals surface area contributed by atoms with E-state index in [1.807, 2.05) is 12.1 Å². The summed E-state index contributed by atoms with van der Waals surface area (Å²) in [6.07, 6.45) is 6.33. The van der Waals surface area contributed by atoms with Crippen LogP contribution in [0, 0.1) is 0 Å². The predicted octanol–water partition coefficient (Wildman–Crippen LogP) is 4.19. The largest absolute Gasteiger partial charge is 0.324 e. The van der Waals surface area contributed by atoms with Crippen molar-refractivity contribution < 1.29 is 0 Å². The van der Waals surface area contributed by atoms with Crippen LogP contribution in [0.3, 0.4) is 0 Å². The number of hydrogen-bond donors (Lipinski definition) is 2. The lowest BCUT2D eigenvalue weighted by molar-refractivity contribution is 0.590. The van der Waals surface area contributed by atoms with E-state index in [9.17, 15) is 0 Å². The molecule has 3 heterocycles. The lowest BCUT2D eigenvalue weighted by Gasteiger charge is -2.09. The summed E-state index contributed by atoms with van der Waals surface area (Å²) in [5, 5.41) is 6.75. The monoisotopic (exact) mass is 401 g/mol. The van der Waals surface area contributed by atoms with Crippen molar-refractivity contribution >= 4 is 22.8 Å². The van der Waals surface area contributed by atoms with E-state index in [0.29, 0.717) is 12.0 Å². The molecule has 0 radical (unpaired) electrons. The molecule has 1 aromatic carbocycles. The fraction of sp³-hybridized carbons (Fsp3) is 0.304. The van der Waals surface area contributed by atoms with Gasteiger partial charge in [0.1, 0.15) is 11.3 Å². The standard InChI is InChI=1S/C23H27N7/c1-4-30-21(18-10-12-24-13-11-18)28-20-15-26-23(29-22(20)30)27-19-7-5-17(6-8-19)9-14-25-16(2)3/h5-8,10-13,15-16,25H,4,9,14H2,1-3H3,(H,26,27,29). The molecule has 0 aliphatic rings. The summed E-state index contributed by atoms with van der Waals surface area (Å²) in [5.41, 5.74) is 4.88. The summed E-state index contributed by atoms with van der Waals surface area (Å²) < 4.78 is 2.10. The van der Waals surface area contributed by atoms with Crippen molar-refractivity contribution in [2.24, 2.45) is 0 Å². The van der Waals surface area contributed by atoms with Crippen molar-refractivity contribution in [1.82, 2.24) is 29.8 Å². The molecule has 0 spiro atoms. The molecule has 0 bridgehead atoms. The number of nitrogens with zero attached hydrogens (tertiary/aromatic N) is 5. The van der Waals surface area contributed by atoms with Gasteiger partial charge in [0.25, 0.3) is 0 Å². The molecule has 0 saturated carbocycles. The zero-order valence-electron chi connectivity index (χ0n) is 17.6. The summed E-state index contributed by atoms with van der Waals surface area (Å²) >= 11 is 0. The van der Waals surface area contributed by atoms with E-state index < -0.39 is 0 Å². The molecule has 7 nitrogen and oxygen atoms in total. The SMILES string of the molecule is CCn1c(-c2ccncc2)nc2cnc(Nc3ccc(CCNC(C)C)cc3)nc21. The smallest absolute Gasteiger partial charge is 0.229 e. The number of imidazole rings is 1. The molecule has 30 heavy (non-hydrogen) atoms. The van der Waals surface area contributed by atoms with Crippen LogP contribution < -0.4 is 10.6 Å². The average Bonchev–Trinajstić information content (AvgIpc) is 3.13. The summed E-state index contributed by atoms with van der Waals surface area (Å²) in [6.45, 7) is 8.16. The molecule has 3 aromatic heterocycles. The van der Waals surface area contributed by atoms with Crippen LogP contribution in [0.5, 0.6) is 0 Å². The van der Waals surface area contributed by atoms with Crippen molar-refractivity contribution in [2.75, 3.05) is 11.9 Å². The van der Waals surface area contributed by atoms with E-state index in [4.69, 9.17) is 9.97 Å². The van der Waals surface area contributed by atoms with Gasteiger partial charge < -0.3 is 15.2 Å². The van der Waals surface area contributed by atoms with Crippen molar-refractivity contribution in [3.8, 4) is 11.4 Å². The summed E-state index contributed by atoms with van der Waals surface area (Å²) in [6, 6.07) is 12.8. The minimum Gasteiger partial charge on any atom is -0.324 e. The highest BCUT2D eigenvalue weighted by Gasteiger charge is 2.14. The second-order valence-electron chi connectivity index (χ2n) is 7.50. The van der Waals surface area contributed by atoms with Gasteiger partial charge in [0.15, 0.2) is 5.65 Å². The Morgan fingerprint density at radius 1 is 1.00 bits per heavy atom. The Labute approximate surface area is 176 Å². The van der Waals surface area contributed by atoms with Gasteiger partial charge in [0, 0.05) is 36.2 Å². The lowest BCUT2D eigenvalue weighted by atomic mass is 10.1. The number of anilines is 2. The van der Waals surface area contributed by atoms with Gasteiger partial charge in [-0.25, -0.2) is 9.97 Å². The second-order valence-corrected chi connectivity index (χ2v) is 7.50. The zero-order valence-corrected chi connectivity index (χ0v) is 17.6. The van der Waals surface area contributed by atoms with E-state index in [0.717, 1.165) is 47.7 Å². The first-order valence-electron chi connectivity index (χ1n) is 10.4. The van der Waals surface area contributed by atoms with E-state index in [2.05, 4.69) is 70.2 Å². The summed E-state index contributed by atoms with van der Waals surface area (Å²) in [5.74, 6) is 1.44. The van der Waals surface area contributed by atoms with Crippen LogP contribution in [0.1, 0.15) is 26.3 Å². The normalized spacial score (nSPS) is 11.3. The van der Waals surface area contributed by atoms with Gasteiger partial charge in [0.05, 0.1) is 6.20 Å². The topological polar surface area (TPSA) is 80.5 Å². The third-order valence-corrected chi connectivity index (χ3v) is 4.92. The van der Waals surface area contributed by atoms with Crippen LogP contribution >= 0.6 is 0 Å². The van der Waals surface area contributed by atoms with Gasteiger partial charge in [-0.3, -0.25) is 4.98 Å². The fourth-order valence-corrected chi connectivity index (χ4v) is 3.39. The predicted molar refractivity (Wildman–Crippen MR) is 121 cm³/mol. The highest BCUT2D eigenvalue weighted by molar-refractivity contribution is 5.77. The van der Waals surface area contributed by atoms with Crippen molar-refractivity contribution in [1.29, 1.82) is 0 Å². The third-order valence-electron chi connectivity index (χ3n) is 4.92. The van der Waals surface area contributed by atoms with Crippen LogP contribution in [0.25, 0.3) is 22.6 Å². The Morgan fingerprint density at radius 3 is 2.47 bits per heavy atom. The molecule has 0 fully saturated rings. The van der Waals surface area contributed by atoms with Gasteiger partial charge in [-0.05, 0) is 49.7 Å². The Hall–Kier alpha value is -3.32. The number of aromatic nitrogens is 5. The molecular formula is C23H27N7. The highest BCUT2D eigenvalue weighted by atomic mass is 15.2. The van der Waals surface area contributed by atoms with Gasteiger partial charge in [-0.1, -0.05) is 26.0 Å². The number of benzene rings is 1. The molecule has 0 saturated heterocycles. The van der Waals surface area contributed by atoms with Gasteiger partial charge in [0.2, 0.25) is 5.95 Å². The van der Waals surface area contributed by atoms with E-state index in [1.165, 1.54) is 5.56 Å². The minimum atomic E-state index is 0.508. The molecule has 0 unspecified atom stereocenters. The first-order valence-corrected chi connectivity index (χ1v) is 10.4. The second kappa shape index (κ2) is 9.00. The average molecular weight is 402 g/mol. The number of aryl methyl sites for hydroxylation is 1. The van der Waals surface area contributed by atoms with E-state index in [1.54, 1.807) is 18.6 Å². The Balaban J connectivity index is 1.54. The number of fused-ring (bicyclic) bond motifs is 1. The van der Waals surface area contributed by atoms with E-state index in [-0.39, 0.29) is 0 Å². The molecule has 4 aromatic rings. The van der Waals surface area contributed by atoms with E-state index >= 15 is 0 Å². The molecular weight excluding hydrogens is 374 g/mol. The first-order chi connectivity index (χ1) is 14.6. The summed E-state index contributed by atoms with van der Waals surface area (Å²) in [4.78, 5) is 18.0. The first kappa shape index (κ1) is 20.0. The van der Waals surface area contributed by atoms with Crippen LogP contribution in [-0.2, 0) is 13.0 Å². The highest BCUT2D eigenvalue weighted by Crippen LogP contribution is 2.24. The van der Waals surface area contributed by atoms with Crippen LogP contribution in [0.2, 0.25) is 0 Å². The molecule has 0 aliphatic heterocycles. The molecule has 7 heteroatoms. The Kier molecular flexibility index (Phi) is 5.99. The number of pyridine rings is 1. The van der Waals surface area contributed by atoms with Crippen molar-refractivity contribution in [3.63, 3.8) is 0 Å². The van der Waals surface area contributed by atoms with Gasteiger partial charge in [-0.15, -0.1) is 0 Å². The number of nitrogens with one attached hydrogen (secondary N) is 2. The Morgan fingerprint density at radius 2 is 1.77 bits per heavy atom. The lowest BCUT2D eigenvalue weighted by Crippen LogP contribution is -2.24. The van der Waals surface area contributed by atoms with Crippen molar-refractivity contribution in [3.05, 3.63) is 60.6 Å². The van der Waals surface area contributed by atoms with Gasteiger partial charge in [-0.2, -0.15) is 4.98 Å². The maximum absolute atomic E-state index is 4.73. The van der Waals surface area contributed by atoms with Crippen LogP contribution in [0.15, 0.2) is 55.0 Å². The van der Waals surface area contributed by atoms with Crippen LogP contribution in [0.4, 0.5) is 11.6 Å².